The molecule has 0 heterocycles. The number of nitrogens with one attached hydrogen (secondary N) is 1. The summed E-state index contributed by atoms with van der Waals surface area (Å²) < 4.78 is 0. The molecule has 0 aliphatic heterocycles. The Hall–Kier alpha value is -0.860. The van der Waals surface area contributed by atoms with E-state index in [0.29, 0.717) is 12.2 Å². The zero-order chi connectivity index (χ0) is 12.6. The summed E-state index contributed by atoms with van der Waals surface area (Å²) in [6.07, 6.45) is 3.59. The molecule has 0 atom stereocenters. The van der Waals surface area contributed by atoms with E-state index < -0.39 is 0 Å². The number of unbranched alkanes of at least 4 members (excludes halogenated alkanes) is 2. The van der Waals surface area contributed by atoms with Crippen LogP contribution in [0.2, 0.25) is 0 Å². The summed E-state index contributed by atoms with van der Waals surface area (Å²) in [7, 11) is 0. The summed E-state index contributed by atoms with van der Waals surface area (Å²) in [5.74, 6) is 0.660. The average molecular weight is 227 g/mol. The van der Waals surface area contributed by atoms with Gasteiger partial charge in [0.25, 0.3) is 0 Å². The molecule has 0 fully saturated rings. The van der Waals surface area contributed by atoms with E-state index in [4.69, 9.17) is 0 Å². The van der Waals surface area contributed by atoms with Crippen LogP contribution in [0.4, 0.5) is 0 Å². The third-order valence-corrected chi connectivity index (χ3v) is 2.57. The highest BCUT2D eigenvalue weighted by atomic mass is 16.1. The molecule has 0 unspecified atom stereocenters. The van der Waals surface area contributed by atoms with Crippen molar-refractivity contribution >= 4 is 11.7 Å². The Morgan fingerprint density at radius 1 is 0.938 bits per heavy atom. The first-order chi connectivity index (χ1) is 7.45. The highest BCUT2D eigenvalue weighted by Crippen LogP contribution is 2.05. The van der Waals surface area contributed by atoms with Crippen LogP contribution in [-0.4, -0.2) is 18.2 Å². The monoisotopic (exact) mass is 227 g/mol. The normalized spacial score (nSPS) is 10.9. The number of carbonyl (C=O) groups excluding carboxylic acids is 2. The first kappa shape index (κ1) is 15.1. The fourth-order valence-corrected chi connectivity index (χ4v) is 1.31. The molecule has 0 saturated carbocycles. The van der Waals surface area contributed by atoms with Crippen LogP contribution in [-0.2, 0) is 9.59 Å². The molecule has 0 aromatic rings. The Morgan fingerprint density at radius 3 is 2.06 bits per heavy atom. The number of carbonyl (C=O) groups is 2. The van der Waals surface area contributed by atoms with Gasteiger partial charge in [0, 0.05) is 24.8 Å². The van der Waals surface area contributed by atoms with Crippen LogP contribution in [0.15, 0.2) is 0 Å². The van der Waals surface area contributed by atoms with Crippen molar-refractivity contribution in [2.75, 3.05) is 6.54 Å². The molecule has 94 valence electrons. The van der Waals surface area contributed by atoms with E-state index in [1.807, 2.05) is 27.7 Å². The van der Waals surface area contributed by atoms with Gasteiger partial charge in [0.1, 0.15) is 5.78 Å². The molecule has 0 radical (unpaired) electrons. The van der Waals surface area contributed by atoms with E-state index in [1.54, 1.807) is 0 Å². The lowest BCUT2D eigenvalue weighted by Crippen LogP contribution is -2.28. The minimum atomic E-state index is 0.0579. The molecule has 0 aliphatic carbocycles. The summed E-state index contributed by atoms with van der Waals surface area (Å²) >= 11 is 0. The van der Waals surface area contributed by atoms with Crippen molar-refractivity contribution in [3.8, 4) is 0 Å². The minimum absolute atomic E-state index is 0.0579. The smallest absolute Gasteiger partial charge is 0.222 e. The Labute approximate surface area is 99.0 Å². The predicted octanol–water partition coefficient (Wildman–Crippen LogP) is 2.54. The van der Waals surface area contributed by atoms with E-state index in [9.17, 15) is 9.59 Å². The van der Waals surface area contributed by atoms with Crippen LogP contribution in [0.5, 0.6) is 0 Å². The van der Waals surface area contributed by atoms with Crippen LogP contribution in [0, 0.1) is 11.8 Å². The van der Waals surface area contributed by atoms with Crippen LogP contribution in [0.25, 0.3) is 0 Å². The molecule has 0 aliphatic rings. The standard InChI is InChI=1S/C13H25NO2/c1-10(2)12(15)8-6-5-7-9-14-13(16)11(3)4/h10-11H,5-9H2,1-4H3,(H,14,16). The molecule has 0 bridgehead atoms. The number of hydrogen-bond donors (Lipinski definition) is 1. The zero-order valence-corrected chi connectivity index (χ0v) is 11.0. The van der Waals surface area contributed by atoms with Gasteiger partial charge in [-0.1, -0.05) is 34.1 Å². The van der Waals surface area contributed by atoms with Crippen molar-refractivity contribution in [2.24, 2.45) is 11.8 Å². The number of amides is 1. The highest BCUT2D eigenvalue weighted by Gasteiger charge is 2.07. The Balaban J connectivity index is 3.35. The van der Waals surface area contributed by atoms with Crippen molar-refractivity contribution in [3.05, 3.63) is 0 Å². The van der Waals surface area contributed by atoms with Gasteiger partial charge in [-0.05, 0) is 12.8 Å². The highest BCUT2D eigenvalue weighted by molar-refractivity contribution is 5.80. The average Bonchev–Trinajstić information content (AvgIpc) is 2.21. The predicted molar refractivity (Wildman–Crippen MR) is 66.2 cm³/mol. The Bertz CT molecular complexity index is 198. The van der Waals surface area contributed by atoms with Gasteiger partial charge < -0.3 is 5.32 Å². The van der Waals surface area contributed by atoms with Gasteiger partial charge in [-0.15, -0.1) is 0 Å². The van der Waals surface area contributed by atoms with Crippen LogP contribution < -0.4 is 5.32 Å². The molecule has 3 nitrogen and oxygen atoms in total. The second-order valence-corrected chi connectivity index (χ2v) is 4.88. The number of hydrogen-bond acceptors (Lipinski definition) is 2. The lowest BCUT2D eigenvalue weighted by Gasteiger charge is -2.07. The van der Waals surface area contributed by atoms with E-state index in [-0.39, 0.29) is 17.7 Å². The van der Waals surface area contributed by atoms with Crippen molar-refractivity contribution < 1.29 is 9.59 Å². The van der Waals surface area contributed by atoms with E-state index in [1.165, 1.54) is 0 Å². The van der Waals surface area contributed by atoms with Gasteiger partial charge in [-0.2, -0.15) is 0 Å². The number of Topliss-reactive ketones (excluding diaryl/α,β-unsaturated/α-hetero) is 1. The van der Waals surface area contributed by atoms with Gasteiger partial charge in [0.2, 0.25) is 5.91 Å². The van der Waals surface area contributed by atoms with Gasteiger partial charge in [-0.25, -0.2) is 0 Å². The van der Waals surface area contributed by atoms with Crippen molar-refractivity contribution in [1.29, 1.82) is 0 Å². The molecule has 3 heteroatoms. The van der Waals surface area contributed by atoms with Gasteiger partial charge in [0.05, 0.1) is 0 Å². The molecule has 0 saturated heterocycles. The minimum Gasteiger partial charge on any atom is -0.356 e. The van der Waals surface area contributed by atoms with E-state index >= 15 is 0 Å². The van der Waals surface area contributed by atoms with Crippen molar-refractivity contribution in [1.82, 2.24) is 5.32 Å². The molecule has 0 rings (SSSR count). The summed E-state index contributed by atoms with van der Waals surface area (Å²) in [4.78, 5) is 22.5. The molecule has 0 aromatic carbocycles. The van der Waals surface area contributed by atoms with Gasteiger partial charge in [0.15, 0.2) is 0 Å². The zero-order valence-electron chi connectivity index (χ0n) is 11.0. The summed E-state index contributed by atoms with van der Waals surface area (Å²) in [6.45, 7) is 8.37. The van der Waals surface area contributed by atoms with Crippen LogP contribution >= 0.6 is 0 Å². The maximum absolute atomic E-state index is 11.3. The maximum Gasteiger partial charge on any atom is 0.222 e. The molecule has 0 aromatic heterocycles. The first-order valence-corrected chi connectivity index (χ1v) is 6.25. The van der Waals surface area contributed by atoms with E-state index in [0.717, 1.165) is 25.8 Å². The summed E-state index contributed by atoms with van der Waals surface area (Å²) in [5, 5.41) is 2.87. The molecule has 0 spiro atoms. The maximum atomic E-state index is 11.3. The van der Waals surface area contributed by atoms with Crippen molar-refractivity contribution in [2.45, 2.75) is 53.4 Å². The quantitative estimate of drug-likeness (QED) is 0.648. The second-order valence-electron chi connectivity index (χ2n) is 4.88. The summed E-state index contributed by atoms with van der Waals surface area (Å²) in [6, 6.07) is 0. The van der Waals surface area contributed by atoms with Crippen LogP contribution in [0.1, 0.15) is 53.4 Å². The SMILES string of the molecule is CC(C)C(=O)CCCCCNC(=O)C(C)C. The third-order valence-electron chi connectivity index (χ3n) is 2.57. The molecule has 16 heavy (non-hydrogen) atoms. The van der Waals surface area contributed by atoms with Crippen molar-refractivity contribution in [3.63, 3.8) is 0 Å². The first-order valence-electron chi connectivity index (χ1n) is 6.25. The Morgan fingerprint density at radius 2 is 1.56 bits per heavy atom. The van der Waals surface area contributed by atoms with E-state index in [2.05, 4.69) is 5.32 Å². The fraction of sp³-hybridized carbons (Fsp3) is 0.846. The second kappa shape index (κ2) is 8.31. The van der Waals surface area contributed by atoms with Gasteiger partial charge >= 0.3 is 0 Å². The summed E-state index contributed by atoms with van der Waals surface area (Å²) in [5.41, 5.74) is 0. The lowest BCUT2D eigenvalue weighted by atomic mass is 10.0. The largest absolute Gasteiger partial charge is 0.356 e. The third kappa shape index (κ3) is 7.43. The van der Waals surface area contributed by atoms with Gasteiger partial charge in [-0.3, -0.25) is 9.59 Å². The number of rotatable bonds is 8. The molecule has 1 N–H and O–H groups in total. The fourth-order valence-electron chi connectivity index (χ4n) is 1.31. The van der Waals surface area contributed by atoms with Crippen LogP contribution in [0.3, 0.4) is 0 Å². The Kier molecular flexibility index (Phi) is 7.86. The molecular formula is C13H25NO2. The lowest BCUT2D eigenvalue weighted by molar-refractivity contribution is -0.124. The molecular weight excluding hydrogens is 202 g/mol. The topological polar surface area (TPSA) is 46.2 Å². The molecule has 1 amide bonds. The number of ketones is 1.